The number of carbonyl (C=O) groups excluding carboxylic acids is 1. The molecule has 1 amide bonds. The summed E-state index contributed by atoms with van der Waals surface area (Å²) in [7, 11) is 1.51. The van der Waals surface area contributed by atoms with Gasteiger partial charge in [-0.25, -0.2) is 0 Å². The molecule has 2 aromatic heterocycles. The Morgan fingerprint density at radius 2 is 2.30 bits per heavy atom. The van der Waals surface area contributed by atoms with E-state index in [0.717, 1.165) is 11.4 Å². The molecular weight excluding hydrogens is 274 g/mol. The van der Waals surface area contributed by atoms with E-state index in [2.05, 4.69) is 34.2 Å². The zero-order valence-corrected chi connectivity index (χ0v) is 12.8. The van der Waals surface area contributed by atoms with E-state index in [1.54, 1.807) is 11.3 Å². The van der Waals surface area contributed by atoms with Crippen LogP contribution in [0.4, 0.5) is 0 Å². The lowest BCUT2D eigenvalue weighted by atomic mass is 10.1. The van der Waals surface area contributed by atoms with Crippen molar-refractivity contribution in [1.29, 1.82) is 0 Å². The maximum Gasteiger partial charge on any atom is 0.246 e. The van der Waals surface area contributed by atoms with E-state index >= 15 is 0 Å². The van der Waals surface area contributed by atoms with E-state index in [-0.39, 0.29) is 12.5 Å². The van der Waals surface area contributed by atoms with Gasteiger partial charge in [0.2, 0.25) is 5.91 Å². The van der Waals surface area contributed by atoms with Crippen molar-refractivity contribution in [2.75, 3.05) is 20.3 Å². The average Bonchev–Trinajstić information content (AvgIpc) is 2.99. The van der Waals surface area contributed by atoms with Crippen molar-refractivity contribution in [3.8, 4) is 11.1 Å². The minimum atomic E-state index is -0.105. The summed E-state index contributed by atoms with van der Waals surface area (Å²) in [6, 6.07) is 2.10. The molecule has 20 heavy (non-hydrogen) atoms. The second-order valence-electron chi connectivity index (χ2n) is 4.56. The second-order valence-corrected chi connectivity index (χ2v) is 5.34. The molecular formula is C14H19N3O2S. The molecule has 1 N–H and O–H groups in total. The third-order valence-electron chi connectivity index (χ3n) is 3.11. The summed E-state index contributed by atoms with van der Waals surface area (Å²) in [6.45, 7) is 5.38. The van der Waals surface area contributed by atoms with Crippen LogP contribution >= 0.6 is 11.3 Å². The number of aromatic nitrogens is 2. The number of methoxy groups -OCH3 is 1. The summed E-state index contributed by atoms with van der Waals surface area (Å²) in [5.41, 5.74) is 4.54. The van der Waals surface area contributed by atoms with Crippen LogP contribution in [0.2, 0.25) is 0 Å². The lowest BCUT2D eigenvalue weighted by Gasteiger charge is -2.07. The SMILES string of the molecule is COCC(=O)NCCn1nc(C)c(-c2ccsc2)c1C. The average molecular weight is 293 g/mol. The highest BCUT2D eigenvalue weighted by atomic mass is 32.1. The molecule has 0 aliphatic heterocycles. The van der Waals surface area contributed by atoms with Crippen molar-refractivity contribution in [1.82, 2.24) is 15.1 Å². The minimum absolute atomic E-state index is 0.0945. The van der Waals surface area contributed by atoms with Gasteiger partial charge in [0, 0.05) is 24.9 Å². The maximum absolute atomic E-state index is 11.3. The first-order valence-corrected chi connectivity index (χ1v) is 7.40. The van der Waals surface area contributed by atoms with Crippen molar-refractivity contribution in [2.45, 2.75) is 20.4 Å². The van der Waals surface area contributed by atoms with E-state index in [9.17, 15) is 4.79 Å². The van der Waals surface area contributed by atoms with E-state index in [1.807, 2.05) is 11.6 Å². The molecule has 108 valence electrons. The Hall–Kier alpha value is -1.66. The zero-order chi connectivity index (χ0) is 14.5. The quantitative estimate of drug-likeness (QED) is 0.886. The molecule has 6 heteroatoms. The number of rotatable bonds is 6. The monoisotopic (exact) mass is 293 g/mol. The van der Waals surface area contributed by atoms with Gasteiger partial charge >= 0.3 is 0 Å². The summed E-state index contributed by atoms with van der Waals surface area (Å²) < 4.78 is 6.71. The molecule has 0 aliphatic carbocycles. The molecule has 0 aliphatic rings. The van der Waals surface area contributed by atoms with Crippen molar-refractivity contribution in [3.63, 3.8) is 0 Å². The first-order chi connectivity index (χ1) is 9.63. The summed E-state index contributed by atoms with van der Waals surface area (Å²) in [6.07, 6.45) is 0. The zero-order valence-electron chi connectivity index (χ0n) is 12.0. The number of aryl methyl sites for hydroxylation is 1. The standard InChI is InChI=1S/C14H19N3O2S/c1-10-14(12-4-7-20-9-12)11(2)17(16-10)6-5-15-13(18)8-19-3/h4,7,9H,5-6,8H2,1-3H3,(H,15,18). The number of thiophene rings is 1. The van der Waals surface area contributed by atoms with Gasteiger partial charge in [-0.15, -0.1) is 0 Å². The Morgan fingerprint density at radius 3 is 2.95 bits per heavy atom. The molecule has 0 radical (unpaired) electrons. The first kappa shape index (κ1) is 14.7. The van der Waals surface area contributed by atoms with Crippen molar-refractivity contribution in [3.05, 3.63) is 28.2 Å². The summed E-state index contributed by atoms with van der Waals surface area (Å²) in [5, 5.41) is 11.5. The van der Waals surface area contributed by atoms with E-state index in [4.69, 9.17) is 4.74 Å². The van der Waals surface area contributed by atoms with Gasteiger partial charge in [-0.3, -0.25) is 9.48 Å². The molecule has 0 bridgehead atoms. The fourth-order valence-corrected chi connectivity index (χ4v) is 2.87. The number of hydrogen-bond donors (Lipinski definition) is 1. The molecule has 0 atom stereocenters. The van der Waals surface area contributed by atoms with Crippen LogP contribution in [0.3, 0.4) is 0 Å². The number of hydrogen-bond acceptors (Lipinski definition) is 4. The van der Waals surface area contributed by atoms with Crippen molar-refractivity contribution >= 4 is 17.2 Å². The van der Waals surface area contributed by atoms with Crippen LogP contribution in [-0.2, 0) is 16.1 Å². The Labute approximate surface area is 122 Å². The molecule has 2 heterocycles. The summed E-state index contributed by atoms with van der Waals surface area (Å²) in [4.78, 5) is 11.3. The number of carbonyl (C=O) groups is 1. The summed E-state index contributed by atoms with van der Waals surface area (Å²) in [5.74, 6) is -0.105. The van der Waals surface area contributed by atoms with Crippen LogP contribution in [0.25, 0.3) is 11.1 Å². The second kappa shape index (κ2) is 6.67. The van der Waals surface area contributed by atoms with Crippen LogP contribution in [0.15, 0.2) is 16.8 Å². The molecule has 2 aromatic rings. The Morgan fingerprint density at radius 1 is 1.50 bits per heavy atom. The molecule has 0 fully saturated rings. The van der Waals surface area contributed by atoms with E-state index in [0.29, 0.717) is 13.1 Å². The van der Waals surface area contributed by atoms with Gasteiger partial charge in [0.15, 0.2) is 0 Å². The van der Waals surface area contributed by atoms with Crippen LogP contribution in [0.5, 0.6) is 0 Å². The lowest BCUT2D eigenvalue weighted by Crippen LogP contribution is -2.30. The molecule has 0 saturated carbocycles. The smallest absolute Gasteiger partial charge is 0.246 e. The highest BCUT2D eigenvalue weighted by molar-refractivity contribution is 7.08. The molecule has 0 saturated heterocycles. The molecule has 5 nitrogen and oxygen atoms in total. The number of nitrogens with one attached hydrogen (secondary N) is 1. The maximum atomic E-state index is 11.3. The fraction of sp³-hybridized carbons (Fsp3) is 0.429. The van der Waals surface area contributed by atoms with Gasteiger partial charge in [-0.05, 0) is 36.2 Å². The number of nitrogens with zero attached hydrogens (tertiary/aromatic N) is 2. The number of ether oxygens (including phenoxy) is 1. The third-order valence-corrected chi connectivity index (χ3v) is 3.80. The highest BCUT2D eigenvalue weighted by Gasteiger charge is 2.13. The molecule has 0 unspecified atom stereocenters. The summed E-state index contributed by atoms with van der Waals surface area (Å²) >= 11 is 1.68. The van der Waals surface area contributed by atoms with E-state index < -0.39 is 0 Å². The van der Waals surface area contributed by atoms with Crippen molar-refractivity contribution < 1.29 is 9.53 Å². The van der Waals surface area contributed by atoms with Crippen LogP contribution < -0.4 is 5.32 Å². The van der Waals surface area contributed by atoms with Gasteiger partial charge in [-0.1, -0.05) is 0 Å². The Kier molecular flexibility index (Phi) is 4.92. The minimum Gasteiger partial charge on any atom is -0.375 e. The topological polar surface area (TPSA) is 56.1 Å². The van der Waals surface area contributed by atoms with Gasteiger partial charge in [-0.2, -0.15) is 16.4 Å². The van der Waals surface area contributed by atoms with Gasteiger partial charge in [0.25, 0.3) is 0 Å². The highest BCUT2D eigenvalue weighted by Crippen LogP contribution is 2.28. The predicted molar refractivity (Wildman–Crippen MR) is 79.9 cm³/mol. The van der Waals surface area contributed by atoms with Crippen molar-refractivity contribution in [2.24, 2.45) is 0 Å². The first-order valence-electron chi connectivity index (χ1n) is 6.45. The lowest BCUT2D eigenvalue weighted by molar-refractivity contribution is -0.124. The normalized spacial score (nSPS) is 10.8. The molecule has 2 rings (SSSR count). The van der Waals surface area contributed by atoms with E-state index in [1.165, 1.54) is 18.2 Å². The van der Waals surface area contributed by atoms with Gasteiger partial charge in [0.1, 0.15) is 6.61 Å². The number of amides is 1. The molecule has 0 aromatic carbocycles. The fourth-order valence-electron chi connectivity index (χ4n) is 2.22. The molecule has 0 spiro atoms. The van der Waals surface area contributed by atoms with Crippen LogP contribution in [0, 0.1) is 13.8 Å². The van der Waals surface area contributed by atoms with Crippen LogP contribution in [0.1, 0.15) is 11.4 Å². The predicted octanol–water partition coefficient (Wildman–Crippen LogP) is 1.99. The third kappa shape index (κ3) is 3.26. The largest absolute Gasteiger partial charge is 0.375 e. The Balaban J connectivity index is 2.03. The van der Waals surface area contributed by atoms with Gasteiger partial charge < -0.3 is 10.1 Å². The van der Waals surface area contributed by atoms with Gasteiger partial charge in [0.05, 0.1) is 12.2 Å². The van der Waals surface area contributed by atoms with Crippen LogP contribution in [-0.4, -0.2) is 35.9 Å². The Bertz CT molecular complexity index is 576.